The molecule has 1 aromatic carbocycles. The molecule has 1 saturated heterocycles. The van der Waals surface area contributed by atoms with Crippen molar-refractivity contribution in [2.24, 2.45) is 0 Å². The maximum Gasteiger partial charge on any atom is 0.227 e. The molecule has 0 bridgehead atoms. The number of anilines is 1. The fourth-order valence-electron chi connectivity index (χ4n) is 2.96. The van der Waals surface area contributed by atoms with E-state index in [4.69, 9.17) is 0 Å². The minimum absolute atomic E-state index is 0.136. The number of piperazine rings is 1. The second-order valence-electron chi connectivity index (χ2n) is 5.93. The first kappa shape index (κ1) is 15.5. The number of aromatic amines is 1. The Labute approximate surface area is 135 Å². The number of hydrogen-bond acceptors (Lipinski definition) is 3. The third-order valence-corrected chi connectivity index (χ3v) is 4.43. The third kappa shape index (κ3) is 3.36. The fraction of sp³-hybridized carbons (Fsp3) is 0.412. The predicted molar refractivity (Wildman–Crippen MR) is 87.0 cm³/mol. The summed E-state index contributed by atoms with van der Waals surface area (Å²) >= 11 is 0. The van der Waals surface area contributed by atoms with Crippen molar-refractivity contribution >= 4 is 11.6 Å². The Morgan fingerprint density at radius 2 is 1.83 bits per heavy atom. The van der Waals surface area contributed by atoms with E-state index in [1.54, 1.807) is 12.1 Å². The topological polar surface area (TPSA) is 52.2 Å². The van der Waals surface area contributed by atoms with Gasteiger partial charge >= 0.3 is 0 Å². The second kappa shape index (κ2) is 6.40. The number of carbonyl (C=O) groups is 1. The molecule has 5 nitrogen and oxygen atoms in total. The molecule has 0 atom stereocenters. The second-order valence-corrected chi connectivity index (χ2v) is 5.93. The molecule has 0 saturated carbocycles. The molecule has 122 valence electrons. The minimum atomic E-state index is -0.228. The van der Waals surface area contributed by atoms with Crippen LogP contribution < -0.4 is 4.90 Å². The molecular formula is C17H21FN4O. The molecule has 2 aromatic rings. The molecule has 2 heterocycles. The summed E-state index contributed by atoms with van der Waals surface area (Å²) in [6.07, 6.45) is 0.394. The average molecular weight is 316 g/mol. The normalized spacial score (nSPS) is 15.1. The standard InChI is InChI=1S/C17H21FN4O/c1-12-16(13(2)20-19-12)11-17(23)22-9-7-21(8-10-22)15-5-3-14(18)4-6-15/h3-6H,7-11H2,1-2H3,(H,19,20). The van der Waals surface area contributed by atoms with Crippen LogP contribution in [0.1, 0.15) is 17.0 Å². The molecule has 0 spiro atoms. The molecule has 0 radical (unpaired) electrons. The highest BCUT2D eigenvalue weighted by Gasteiger charge is 2.22. The lowest BCUT2D eigenvalue weighted by Crippen LogP contribution is -2.49. The lowest BCUT2D eigenvalue weighted by atomic mass is 10.1. The van der Waals surface area contributed by atoms with E-state index in [1.807, 2.05) is 18.7 Å². The molecule has 0 aliphatic carbocycles. The fourth-order valence-corrected chi connectivity index (χ4v) is 2.96. The Morgan fingerprint density at radius 3 is 2.39 bits per heavy atom. The Balaban J connectivity index is 1.58. The van der Waals surface area contributed by atoms with Crippen LogP contribution in [-0.2, 0) is 11.2 Å². The van der Waals surface area contributed by atoms with Crippen molar-refractivity contribution in [2.75, 3.05) is 31.1 Å². The van der Waals surface area contributed by atoms with Gasteiger partial charge in [-0.15, -0.1) is 0 Å². The summed E-state index contributed by atoms with van der Waals surface area (Å²) in [5.74, 6) is -0.0928. The van der Waals surface area contributed by atoms with Crippen LogP contribution in [0, 0.1) is 19.7 Å². The molecule has 3 rings (SSSR count). The van der Waals surface area contributed by atoms with Gasteiger partial charge in [0.25, 0.3) is 0 Å². The van der Waals surface area contributed by atoms with Crippen molar-refractivity contribution in [3.63, 3.8) is 0 Å². The Kier molecular flexibility index (Phi) is 4.32. The van der Waals surface area contributed by atoms with Gasteiger partial charge in [0.2, 0.25) is 5.91 Å². The molecule has 1 aliphatic heterocycles. The number of amides is 1. The number of benzene rings is 1. The molecule has 1 amide bonds. The minimum Gasteiger partial charge on any atom is -0.368 e. The monoisotopic (exact) mass is 316 g/mol. The van der Waals surface area contributed by atoms with E-state index in [0.29, 0.717) is 19.5 Å². The van der Waals surface area contributed by atoms with Crippen LogP contribution in [-0.4, -0.2) is 47.2 Å². The van der Waals surface area contributed by atoms with Gasteiger partial charge in [-0.3, -0.25) is 9.89 Å². The predicted octanol–water partition coefficient (Wildman–Crippen LogP) is 2.06. The van der Waals surface area contributed by atoms with E-state index in [9.17, 15) is 9.18 Å². The van der Waals surface area contributed by atoms with Crippen molar-refractivity contribution in [1.29, 1.82) is 0 Å². The lowest BCUT2D eigenvalue weighted by Gasteiger charge is -2.36. The highest BCUT2D eigenvalue weighted by atomic mass is 19.1. The number of rotatable bonds is 3. The summed E-state index contributed by atoms with van der Waals surface area (Å²) < 4.78 is 13.0. The molecule has 0 unspecified atom stereocenters. The zero-order valence-electron chi connectivity index (χ0n) is 13.5. The van der Waals surface area contributed by atoms with E-state index >= 15 is 0 Å². The molecule has 23 heavy (non-hydrogen) atoms. The summed E-state index contributed by atoms with van der Waals surface area (Å²) in [7, 11) is 0. The molecule has 1 fully saturated rings. The van der Waals surface area contributed by atoms with Gasteiger partial charge in [-0.2, -0.15) is 5.10 Å². The first-order valence-corrected chi connectivity index (χ1v) is 7.83. The number of halogens is 1. The number of H-pyrrole nitrogens is 1. The first-order valence-electron chi connectivity index (χ1n) is 7.83. The van der Waals surface area contributed by atoms with Gasteiger partial charge in [0, 0.05) is 43.1 Å². The number of nitrogens with one attached hydrogen (secondary N) is 1. The van der Waals surface area contributed by atoms with Crippen molar-refractivity contribution in [3.05, 3.63) is 47.0 Å². The van der Waals surface area contributed by atoms with Crippen molar-refractivity contribution < 1.29 is 9.18 Å². The summed E-state index contributed by atoms with van der Waals surface area (Å²) in [4.78, 5) is 16.5. The van der Waals surface area contributed by atoms with Crippen molar-refractivity contribution in [3.8, 4) is 0 Å². The SMILES string of the molecule is Cc1n[nH]c(C)c1CC(=O)N1CCN(c2ccc(F)cc2)CC1. The number of aryl methyl sites for hydroxylation is 2. The number of carbonyl (C=O) groups excluding carboxylic acids is 1. The Hall–Kier alpha value is -2.37. The van der Waals surface area contributed by atoms with E-state index in [-0.39, 0.29) is 11.7 Å². The highest BCUT2D eigenvalue weighted by Crippen LogP contribution is 2.18. The summed E-state index contributed by atoms with van der Waals surface area (Å²) in [6, 6.07) is 6.50. The third-order valence-electron chi connectivity index (χ3n) is 4.43. The maximum atomic E-state index is 13.0. The summed E-state index contributed by atoms with van der Waals surface area (Å²) in [6.45, 7) is 6.76. The van der Waals surface area contributed by atoms with Crippen LogP contribution in [0.25, 0.3) is 0 Å². The maximum absolute atomic E-state index is 13.0. The van der Waals surface area contributed by atoms with Gasteiger partial charge in [-0.25, -0.2) is 4.39 Å². The summed E-state index contributed by atoms with van der Waals surface area (Å²) in [5.41, 5.74) is 3.84. The van der Waals surface area contributed by atoms with Crippen molar-refractivity contribution in [2.45, 2.75) is 20.3 Å². The van der Waals surface area contributed by atoms with E-state index in [2.05, 4.69) is 15.1 Å². The molecule has 1 N–H and O–H groups in total. The molecule has 1 aliphatic rings. The quantitative estimate of drug-likeness (QED) is 0.943. The lowest BCUT2D eigenvalue weighted by molar-refractivity contribution is -0.130. The zero-order chi connectivity index (χ0) is 16.4. The van der Waals surface area contributed by atoms with Crippen LogP contribution in [0.5, 0.6) is 0 Å². The highest BCUT2D eigenvalue weighted by molar-refractivity contribution is 5.79. The van der Waals surface area contributed by atoms with Crippen LogP contribution in [0.15, 0.2) is 24.3 Å². The Bertz CT molecular complexity index is 668. The van der Waals surface area contributed by atoms with Crippen LogP contribution in [0.2, 0.25) is 0 Å². The van der Waals surface area contributed by atoms with Crippen LogP contribution in [0.4, 0.5) is 10.1 Å². The van der Waals surface area contributed by atoms with Gasteiger partial charge in [0.05, 0.1) is 12.1 Å². The zero-order valence-corrected chi connectivity index (χ0v) is 13.5. The largest absolute Gasteiger partial charge is 0.368 e. The van der Waals surface area contributed by atoms with Gasteiger partial charge < -0.3 is 9.80 Å². The first-order chi connectivity index (χ1) is 11.0. The van der Waals surface area contributed by atoms with Gasteiger partial charge in [-0.1, -0.05) is 0 Å². The smallest absolute Gasteiger partial charge is 0.227 e. The van der Waals surface area contributed by atoms with E-state index in [0.717, 1.165) is 35.7 Å². The number of nitrogens with zero attached hydrogens (tertiary/aromatic N) is 3. The molecule has 1 aromatic heterocycles. The van der Waals surface area contributed by atoms with E-state index < -0.39 is 0 Å². The molecular weight excluding hydrogens is 295 g/mol. The van der Waals surface area contributed by atoms with Gasteiger partial charge in [0.15, 0.2) is 0 Å². The van der Waals surface area contributed by atoms with Gasteiger partial charge in [0.1, 0.15) is 5.82 Å². The van der Waals surface area contributed by atoms with Crippen molar-refractivity contribution in [1.82, 2.24) is 15.1 Å². The summed E-state index contributed by atoms with van der Waals surface area (Å²) in [5, 5.41) is 7.06. The Morgan fingerprint density at radius 1 is 1.17 bits per heavy atom. The number of aromatic nitrogens is 2. The van der Waals surface area contributed by atoms with E-state index in [1.165, 1.54) is 12.1 Å². The average Bonchev–Trinajstić information content (AvgIpc) is 2.87. The number of hydrogen-bond donors (Lipinski definition) is 1. The van der Waals surface area contributed by atoms with Crippen LogP contribution >= 0.6 is 0 Å². The van der Waals surface area contributed by atoms with Crippen LogP contribution in [0.3, 0.4) is 0 Å². The van der Waals surface area contributed by atoms with Gasteiger partial charge in [-0.05, 0) is 38.1 Å². The molecule has 6 heteroatoms.